The molecule has 3 unspecified atom stereocenters. The van der Waals surface area contributed by atoms with E-state index < -0.39 is 0 Å². The summed E-state index contributed by atoms with van der Waals surface area (Å²) < 4.78 is 5.46. The van der Waals surface area contributed by atoms with Crippen molar-refractivity contribution in [1.82, 2.24) is 5.32 Å². The molecule has 2 saturated carbocycles. The normalized spacial score (nSPS) is 40.3. The highest BCUT2D eigenvalue weighted by atomic mass is 16.5. The summed E-state index contributed by atoms with van der Waals surface area (Å²) in [6.07, 6.45) is 8.87. The maximum atomic E-state index is 5.46. The van der Waals surface area contributed by atoms with Crippen molar-refractivity contribution in [2.45, 2.75) is 38.1 Å². The van der Waals surface area contributed by atoms with Gasteiger partial charge in [0, 0.05) is 6.04 Å². The molecule has 0 saturated heterocycles. The van der Waals surface area contributed by atoms with Gasteiger partial charge in [-0.25, -0.2) is 0 Å². The number of rotatable bonds is 3. The lowest BCUT2D eigenvalue weighted by Gasteiger charge is -2.28. The summed E-state index contributed by atoms with van der Waals surface area (Å²) in [7, 11) is 2.10. The summed E-state index contributed by atoms with van der Waals surface area (Å²) in [4.78, 5) is 0. The largest absolute Gasteiger partial charge is 0.501 e. The summed E-state index contributed by atoms with van der Waals surface area (Å²) >= 11 is 0. The predicted octanol–water partition coefficient (Wildman–Crippen LogP) is 2.31. The molecular formula is C13H21NO. The third-order valence-corrected chi connectivity index (χ3v) is 4.42. The zero-order valence-corrected chi connectivity index (χ0v) is 9.54. The fraction of sp³-hybridized carbons (Fsp3) is 0.846. The Labute approximate surface area is 92.1 Å². The lowest BCUT2D eigenvalue weighted by molar-refractivity contribution is 0.214. The molecule has 2 aliphatic carbocycles. The molecule has 1 N–H and O–H groups in total. The van der Waals surface area contributed by atoms with Gasteiger partial charge in [0.2, 0.25) is 0 Å². The van der Waals surface area contributed by atoms with Crippen LogP contribution in [0, 0.1) is 17.8 Å². The molecule has 3 rings (SSSR count). The Morgan fingerprint density at radius 1 is 1.33 bits per heavy atom. The molecule has 0 spiro atoms. The molecule has 1 aliphatic heterocycles. The van der Waals surface area contributed by atoms with Crippen LogP contribution in [0.25, 0.3) is 0 Å². The first-order valence-corrected chi connectivity index (χ1v) is 6.36. The molecule has 2 heteroatoms. The summed E-state index contributed by atoms with van der Waals surface area (Å²) in [6, 6.07) is 0.595. The van der Waals surface area contributed by atoms with Crippen molar-refractivity contribution < 1.29 is 4.74 Å². The Morgan fingerprint density at radius 2 is 2.13 bits per heavy atom. The molecule has 1 heterocycles. The molecular weight excluding hydrogens is 186 g/mol. The number of likely N-dealkylation sites (N-methyl/N-ethyl adjacent to an activating group) is 1. The minimum Gasteiger partial charge on any atom is -0.501 e. The van der Waals surface area contributed by atoms with Crippen molar-refractivity contribution in [3.05, 3.63) is 11.8 Å². The van der Waals surface area contributed by atoms with Crippen molar-refractivity contribution in [3.8, 4) is 0 Å². The zero-order valence-electron chi connectivity index (χ0n) is 9.54. The molecule has 84 valence electrons. The Balaban J connectivity index is 1.67. The van der Waals surface area contributed by atoms with Gasteiger partial charge in [-0.1, -0.05) is 0 Å². The topological polar surface area (TPSA) is 21.3 Å². The van der Waals surface area contributed by atoms with Gasteiger partial charge in [0.15, 0.2) is 0 Å². The molecule has 3 aliphatic rings. The van der Waals surface area contributed by atoms with E-state index in [0.717, 1.165) is 24.4 Å². The molecule has 0 aromatic rings. The fourth-order valence-electron chi connectivity index (χ4n) is 3.57. The van der Waals surface area contributed by atoms with Crippen LogP contribution in [-0.4, -0.2) is 19.7 Å². The number of hydrogen-bond donors (Lipinski definition) is 1. The van der Waals surface area contributed by atoms with Gasteiger partial charge >= 0.3 is 0 Å². The molecule has 2 nitrogen and oxygen atoms in total. The second-order valence-electron chi connectivity index (χ2n) is 5.42. The molecule has 0 amide bonds. The van der Waals surface area contributed by atoms with E-state index in [1.165, 1.54) is 37.7 Å². The van der Waals surface area contributed by atoms with Crippen LogP contribution in [0.5, 0.6) is 0 Å². The van der Waals surface area contributed by atoms with Crippen molar-refractivity contribution in [3.63, 3.8) is 0 Å². The highest BCUT2D eigenvalue weighted by Gasteiger charge is 2.48. The number of ether oxygens (including phenoxy) is 1. The van der Waals surface area contributed by atoms with Gasteiger partial charge in [-0.15, -0.1) is 0 Å². The first-order chi connectivity index (χ1) is 7.38. The van der Waals surface area contributed by atoms with Crippen molar-refractivity contribution >= 4 is 0 Å². The van der Waals surface area contributed by atoms with Gasteiger partial charge in [0.25, 0.3) is 0 Å². The van der Waals surface area contributed by atoms with E-state index in [9.17, 15) is 0 Å². The van der Waals surface area contributed by atoms with E-state index in [0.29, 0.717) is 6.04 Å². The van der Waals surface area contributed by atoms with Crippen LogP contribution in [-0.2, 0) is 4.74 Å². The second kappa shape index (κ2) is 3.82. The fourth-order valence-corrected chi connectivity index (χ4v) is 3.57. The van der Waals surface area contributed by atoms with Gasteiger partial charge < -0.3 is 10.1 Å². The lowest BCUT2D eigenvalue weighted by atomic mass is 9.87. The van der Waals surface area contributed by atoms with Crippen LogP contribution in [0.2, 0.25) is 0 Å². The Hall–Kier alpha value is -0.500. The minimum atomic E-state index is 0.595. The minimum absolute atomic E-state index is 0.595. The van der Waals surface area contributed by atoms with Crippen LogP contribution in [0.15, 0.2) is 11.8 Å². The smallest absolute Gasteiger partial charge is 0.0876 e. The van der Waals surface area contributed by atoms with Gasteiger partial charge in [0.05, 0.1) is 12.9 Å². The molecule has 0 aromatic carbocycles. The quantitative estimate of drug-likeness (QED) is 0.767. The van der Waals surface area contributed by atoms with Gasteiger partial charge in [0.1, 0.15) is 0 Å². The second-order valence-corrected chi connectivity index (χ2v) is 5.42. The number of fused-ring (bicyclic) bond motifs is 1. The Morgan fingerprint density at radius 3 is 2.73 bits per heavy atom. The SMILES string of the molecule is CNC(C1=COCCC1)C1CC2CC2C1. The molecule has 3 atom stereocenters. The highest BCUT2D eigenvalue weighted by Crippen LogP contribution is 2.55. The van der Waals surface area contributed by atoms with E-state index in [1.54, 1.807) is 0 Å². The summed E-state index contributed by atoms with van der Waals surface area (Å²) in [5, 5.41) is 3.51. The first-order valence-electron chi connectivity index (χ1n) is 6.36. The molecule has 0 bridgehead atoms. The lowest BCUT2D eigenvalue weighted by Crippen LogP contribution is -2.35. The molecule has 15 heavy (non-hydrogen) atoms. The molecule has 0 radical (unpaired) electrons. The van der Waals surface area contributed by atoms with Crippen LogP contribution in [0.4, 0.5) is 0 Å². The van der Waals surface area contributed by atoms with E-state index in [1.807, 2.05) is 6.26 Å². The van der Waals surface area contributed by atoms with Crippen LogP contribution >= 0.6 is 0 Å². The predicted molar refractivity (Wildman–Crippen MR) is 60.4 cm³/mol. The van der Waals surface area contributed by atoms with Gasteiger partial charge in [-0.05, 0) is 62.5 Å². The van der Waals surface area contributed by atoms with E-state index >= 15 is 0 Å². The maximum absolute atomic E-state index is 5.46. The zero-order chi connectivity index (χ0) is 10.3. The number of hydrogen-bond acceptors (Lipinski definition) is 2. The van der Waals surface area contributed by atoms with Crippen molar-refractivity contribution in [2.24, 2.45) is 17.8 Å². The van der Waals surface area contributed by atoms with Crippen LogP contribution in [0.3, 0.4) is 0 Å². The van der Waals surface area contributed by atoms with Gasteiger partial charge in [-0.3, -0.25) is 0 Å². The average Bonchev–Trinajstić information content (AvgIpc) is 2.89. The van der Waals surface area contributed by atoms with Gasteiger partial charge in [-0.2, -0.15) is 0 Å². The summed E-state index contributed by atoms with van der Waals surface area (Å²) in [5.41, 5.74) is 1.51. The van der Waals surface area contributed by atoms with Crippen molar-refractivity contribution in [2.75, 3.05) is 13.7 Å². The van der Waals surface area contributed by atoms with Crippen LogP contribution in [0.1, 0.15) is 32.1 Å². The monoisotopic (exact) mass is 207 g/mol. The summed E-state index contributed by atoms with van der Waals surface area (Å²) in [6.45, 7) is 0.913. The van der Waals surface area contributed by atoms with E-state index in [-0.39, 0.29) is 0 Å². The van der Waals surface area contributed by atoms with Crippen LogP contribution < -0.4 is 5.32 Å². The Bertz CT molecular complexity index is 264. The third kappa shape index (κ3) is 1.80. The Kier molecular flexibility index (Phi) is 2.47. The third-order valence-electron chi connectivity index (χ3n) is 4.42. The first kappa shape index (κ1) is 9.71. The average molecular weight is 207 g/mol. The number of nitrogens with one attached hydrogen (secondary N) is 1. The van der Waals surface area contributed by atoms with E-state index in [2.05, 4.69) is 12.4 Å². The molecule has 2 fully saturated rings. The van der Waals surface area contributed by atoms with Crippen molar-refractivity contribution in [1.29, 1.82) is 0 Å². The van der Waals surface area contributed by atoms with E-state index in [4.69, 9.17) is 4.74 Å². The molecule has 0 aromatic heterocycles. The maximum Gasteiger partial charge on any atom is 0.0876 e. The highest BCUT2D eigenvalue weighted by molar-refractivity contribution is 5.14. The standard InChI is InChI=1S/C13H21NO/c1-14-13(9-3-2-4-15-8-9)12-6-10-5-11(10)7-12/h8,10-14H,2-7H2,1H3. The summed E-state index contributed by atoms with van der Waals surface area (Å²) in [5.74, 6) is 3.04.